The summed E-state index contributed by atoms with van der Waals surface area (Å²) in [6.07, 6.45) is -0.0343. The first-order chi connectivity index (χ1) is 18.0. The highest BCUT2D eigenvalue weighted by Gasteiger charge is 2.23. The number of aliphatic carboxylic acids is 1. The van der Waals surface area contributed by atoms with Crippen molar-refractivity contribution in [2.24, 2.45) is 0 Å². The monoisotopic (exact) mass is 515 g/mol. The first-order valence-corrected chi connectivity index (χ1v) is 12.1. The van der Waals surface area contributed by atoms with Crippen molar-refractivity contribution in [2.75, 3.05) is 0 Å². The molecule has 1 unspecified atom stereocenters. The van der Waals surface area contributed by atoms with E-state index >= 15 is 0 Å². The summed E-state index contributed by atoms with van der Waals surface area (Å²) in [5.74, 6) is -0.782. The number of carbonyl (C=O) groups excluding carboxylic acids is 1. The van der Waals surface area contributed by atoms with Gasteiger partial charge in [-0.2, -0.15) is 0 Å². The number of nitrogens with one attached hydrogen (secondary N) is 1. The van der Waals surface area contributed by atoms with Crippen molar-refractivity contribution in [3.8, 4) is 11.5 Å². The number of rotatable bonds is 11. The van der Waals surface area contributed by atoms with Crippen LogP contribution in [0.25, 0.3) is 0 Å². The molecule has 0 fully saturated rings. The molecule has 0 radical (unpaired) electrons. The second-order valence-electron chi connectivity index (χ2n) is 8.37. The van der Waals surface area contributed by atoms with Crippen molar-refractivity contribution < 1.29 is 24.2 Å². The molecule has 4 aromatic rings. The van der Waals surface area contributed by atoms with Gasteiger partial charge in [0.1, 0.15) is 19.3 Å². The van der Waals surface area contributed by atoms with Gasteiger partial charge >= 0.3 is 5.97 Å². The first kappa shape index (κ1) is 25.8. The molecule has 37 heavy (non-hydrogen) atoms. The lowest BCUT2D eigenvalue weighted by Gasteiger charge is -2.19. The molecule has 0 aliphatic carbocycles. The highest BCUT2D eigenvalue weighted by molar-refractivity contribution is 6.31. The Bertz CT molecular complexity index is 1330. The molecule has 0 spiro atoms. The number of carboxylic acid groups (broad SMARTS) is 1. The summed E-state index contributed by atoms with van der Waals surface area (Å²) in [6.45, 7) is 0.597. The summed E-state index contributed by atoms with van der Waals surface area (Å²) in [4.78, 5) is 24.6. The maximum Gasteiger partial charge on any atom is 0.326 e. The van der Waals surface area contributed by atoms with Crippen LogP contribution in [0.1, 0.15) is 27.0 Å². The third-order valence-electron chi connectivity index (χ3n) is 5.65. The lowest BCUT2D eigenvalue weighted by atomic mass is 10.0. The molecule has 0 heterocycles. The van der Waals surface area contributed by atoms with Crippen LogP contribution in [0.15, 0.2) is 103 Å². The molecule has 1 atom stereocenters. The molecule has 0 aliphatic heterocycles. The summed E-state index contributed by atoms with van der Waals surface area (Å²) in [6, 6.07) is 29.9. The van der Waals surface area contributed by atoms with E-state index in [1.54, 1.807) is 42.5 Å². The van der Waals surface area contributed by atoms with Gasteiger partial charge in [0.25, 0.3) is 5.91 Å². The number of hydrogen-bond acceptors (Lipinski definition) is 4. The number of carboxylic acids is 1. The largest absolute Gasteiger partial charge is 0.485 e. The molecule has 4 aromatic carbocycles. The normalized spacial score (nSPS) is 11.4. The summed E-state index contributed by atoms with van der Waals surface area (Å²) in [5.41, 5.74) is 2.83. The van der Waals surface area contributed by atoms with Crippen LogP contribution in [0.5, 0.6) is 11.5 Å². The molecule has 6 nitrogen and oxygen atoms in total. The Kier molecular flexibility index (Phi) is 8.79. The van der Waals surface area contributed by atoms with E-state index in [9.17, 15) is 14.7 Å². The number of hydrogen-bond donors (Lipinski definition) is 2. The van der Waals surface area contributed by atoms with Gasteiger partial charge in [-0.15, -0.1) is 0 Å². The quantitative estimate of drug-likeness (QED) is 0.259. The molecule has 0 saturated carbocycles. The second kappa shape index (κ2) is 12.6. The fourth-order valence-corrected chi connectivity index (χ4v) is 3.91. The molecule has 2 N–H and O–H groups in total. The molecule has 1 amide bonds. The Morgan fingerprint density at radius 3 is 1.76 bits per heavy atom. The van der Waals surface area contributed by atoms with E-state index in [1.165, 1.54) is 0 Å². The average Bonchev–Trinajstić information content (AvgIpc) is 2.93. The summed E-state index contributed by atoms with van der Waals surface area (Å²) < 4.78 is 12.1. The van der Waals surface area contributed by atoms with Gasteiger partial charge in [0.05, 0.1) is 0 Å². The van der Waals surface area contributed by atoms with Gasteiger partial charge in [0.15, 0.2) is 11.5 Å². The number of amides is 1. The Hall–Kier alpha value is -4.29. The number of carbonyl (C=O) groups is 2. The topological polar surface area (TPSA) is 84.9 Å². The van der Waals surface area contributed by atoms with Crippen LogP contribution in [-0.4, -0.2) is 23.0 Å². The lowest BCUT2D eigenvalue weighted by molar-refractivity contribution is -0.139. The number of benzene rings is 4. The van der Waals surface area contributed by atoms with E-state index in [4.69, 9.17) is 21.1 Å². The highest BCUT2D eigenvalue weighted by Crippen LogP contribution is 2.35. The van der Waals surface area contributed by atoms with E-state index in [-0.39, 0.29) is 13.0 Å². The zero-order valence-electron chi connectivity index (χ0n) is 20.0. The molecule has 188 valence electrons. The van der Waals surface area contributed by atoms with Crippen LogP contribution >= 0.6 is 11.6 Å². The van der Waals surface area contributed by atoms with Gasteiger partial charge < -0.3 is 19.9 Å². The van der Waals surface area contributed by atoms with Crippen LogP contribution < -0.4 is 14.8 Å². The fraction of sp³-hybridized carbons (Fsp3) is 0.133. The first-order valence-electron chi connectivity index (χ1n) is 11.7. The smallest absolute Gasteiger partial charge is 0.326 e. The molecular formula is C30H26ClNO5. The molecule has 0 aromatic heterocycles. The predicted octanol–water partition coefficient (Wildman–Crippen LogP) is 5.92. The van der Waals surface area contributed by atoms with Gasteiger partial charge in [-0.1, -0.05) is 90.5 Å². The lowest BCUT2D eigenvalue weighted by Crippen LogP contribution is -2.42. The van der Waals surface area contributed by atoms with Crippen LogP contribution in [0, 0.1) is 0 Å². The predicted molar refractivity (Wildman–Crippen MR) is 142 cm³/mol. The minimum absolute atomic E-state index is 0.0343. The number of ether oxygens (including phenoxy) is 2. The van der Waals surface area contributed by atoms with Crippen LogP contribution in [-0.2, 0) is 24.4 Å². The van der Waals surface area contributed by atoms with Crippen molar-refractivity contribution in [1.82, 2.24) is 5.32 Å². The van der Waals surface area contributed by atoms with Crippen molar-refractivity contribution in [1.29, 1.82) is 0 Å². The zero-order valence-corrected chi connectivity index (χ0v) is 20.7. The van der Waals surface area contributed by atoms with Crippen molar-refractivity contribution in [2.45, 2.75) is 25.7 Å². The fourth-order valence-electron chi connectivity index (χ4n) is 3.68. The minimum atomic E-state index is -1.19. The summed E-state index contributed by atoms with van der Waals surface area (Å²) in [5, 5.41) is 12.7. The summed E-state index contributed by atoms with van der Waals surface area (Å²) >= 11 is 6.56. The Morgan fingerprint density at radius 1 is 0.757 bits per heavy atom. The van der Waals surface area contributed by atoms with E-state index in [0.717, 1.165) is 11.1 Å². The van der Waals surface area contributed by atoms with Crippen molar-refractivity contribution in [3.05, 3.63) is 130 Å². The van der Waals surface area contributed by atoms with Crippen molar-refractivity contribution in [3.63, 3.8) is 0 Å². The van der Waals surface area contributed by atoms with Crippen molar-refractivity contribution >= 4 is 23.5 Å². The van der Waals surface area contributed by atoms with E-state index in [1.807, 2.05) is 60.7 Å². The van der Waals surface area contributed by atoms with E-state index in [2.05, 4.69) is 5.32 Å². The zero-order chi connectivity index (χ0) is 26.0. The third kappa shape index (κ3) is 7.35. The Balaban J connectivity index is 1.56. The maximum atomic E-state index is 12.6. The minimum Gasteiger partial charge on any atom is -0.485 e. The van der Waals surface area contributed by atoms with Gasteiger partial charge in [0, 0.05) is 23.1 Å². The maximum absolute atomic E-state index is 12.6. The van der Waals surface area contributed by atoms with Gasteiger partial charge in [-0.05, 0) is 34.9 Å². The molecule has 7 heteroatoms. The second-order valence-corrected chi connectivity index (χ2v) is 8.78. The third-order valence-corrected chi connectivity index (χ3v) is 6.00. The van der Waals surface area contributed by atoms with Gasteiger partial charge in [-0.3, -0.25) is 4.79 Å². The van der Waals surface area contributed by atoms with Gasteiger partial charge in [-0.25, -0.2) is 4.79 Å². The highest BCUT2D eigenvalue weighted by atomic mass is 35.5. The standard InChI is InChI=1S/C30H26ClNO5/c31-25-18-28(37-20-22-12-6-2-7-13-22)27(36-19-21-10-4-1-5-11-21)17-24(25)16-26(30(34)35)32-29(33)23-14-8-3-9-15-23/h1-15,17-18,26H,16,19-20H2,(H,32,33)(H,34,35). The Morgan fingerprint density at radius 2 is 1.24 bits per heavy atom. The molecular weight excluding hydrogens is 490 g/mol. The summed E-state index contributed by atoms with van der Waals surface area (Å²) in [7, 11) is 0. The van der Waals surface area contributed by atoms with E-state index in [0.29, 0.717) is 34.3 Å². The van der Waals surface area contributed by atoms with E-state index < -0.39 is 17.9 Å². The van der Waals surface area contributed by atoms with Crippen LogP contribution in [0.2, 0.25) is 5.02 Å². The SMILES string of the molecule is O=C(NC(Cc1cc(OCc2ccccc2)c(OCc2ccccc2)cc1Cl)C(=O)O)c1ccccc1. The Labute approximate surface area is 220 Å². The molecule has 0 bridgehead atoms. The molecule has 0 aliphatic rings. The molecule has 4 rings (SSSR count). The number of halogens is 1. The van der Waals surface area contributed by atoms with Crippen LogP contribution in [0.4, 0.5) is 0 Å². The van der Waals surface area contributed by atoms with Gasteiger partial charge in [0.2, 0.25) is 0 Å². The molecule has 0 saturated heterocycles. The van der Waals surface area contributed by atoms with Crippen LogP contribution in [0.3, 0.4) is 0 Å². The average molecular weight is 516 g/mol.